The molecular formula is C15H21N3O3. The van der Waals surface area contributed by atoms with Crippen molar-refractivity contribution in [3.05, 3.63) is 29.8 Å². The van der Waals surface area contributed by atoms with Gasteiger partial charge in [-0.25, -0.2) is 4.79 Å². The molecule has 3 N–H and O–H groups in total. The zero-order valence-electron chi connectivity index (χ0n) is 12.2. The molecule has 21 heavy (non-hydrogen) atoms. The third-order valence-corrected chi connectivity index (χ3v) is 3.69. The number of hydrogen-bond donors (Lipinski definition) is 2. The fourth-order valence-corrected chi connectivity index (χ4v) is 2.70. The van der Waals surface area contributed by atoms with Gasteiger partial charge in [-0.15, -0.1) is 0 Å². The zero-order valence-corrected chi connectivity index (χ0v) is 12.2. The molecule has 1 saturated heterocycles. The highest BCUT2D eigenvalue weighted by Crippen LogP contribution is 2.26. The highest BCUT2D eigenvalue weighted by atomic mass is 16.5. The average molecular weight is 291 g/mol. The fraction of sp³-hybridized carbons (Fsp3) is 0.467. The van der Waals surface area contributed by atoms with Crippen molar-refractivity contribution in [3.63, 3.8) is 0 Å². The van der Waals surface area contributed by atoms with E-state index < -0.39 is 11.9 Å². The molecule has 1 amide bonds. The number of piperidine rings is 1. The molecule has 0 bridgehead atoms. The van der Waals surface area contributed by atoms with Crippen LogP contribution < -0.4 is 16.0 Å². The number of anilines is 1. The monoisotopic (exact) mass is 291 g/mol. The summed E-state index contributed by atoms with van der Waals surface area (Å²) in [5.41, 5.74) is 6.55. The summed E-state index contributed by atoms with van der Waals surface area (Å²) in [5, 5.41) is 3.29. The number of nitrogens with zero attached hydrogens (tertiary/aromatic N) is 1. The topological polar surface area (TPSA) is 84.7 Å². The van der Waals surface area contributed by atoms with Crippen LogP contribution in [0.2, 0.25) is 0 Å². The van der Waals surface area contributed by atoms with Gasteiger partial charge in [-0.05, 0) is 38.1 Å². The Kier molecular flexibility index (Phi) is 5.16. The lowest BCUT2D eigenvalue weighted by Crippen LogP contribution is -2.47. The van der Waals surface area contributed by atoms with E-state index in [4.69, 9.17) is 10.5 Å². The van der Waals surface area contributed by atoms with Crippen molar-refractivity contribution in [2.45, 2.75) is 18.9 Å². The highest BCUT2D eigenvalue weighted by Gasteiger charge is 2.26. The molecule has 1 aliphatic rings. The van der Waals surface area contributed by atoms with Gasteiger partial charge in [-0.3, -0.25) is 4.79 Å². The SMILES string of the molecule is COC(=O)c1ccccc1N(CC(N)=O)C1CCNCC1. The number of rotatable bonds is 5. The van der Waals surface area contributed by atoms with E-state index in [0.29, 0.717) is 11.3 Å². The number of benzene rings is 1. The molecule has 0 aromatic heterocycles. The Morgan fingerprint density at radius 2 is 2.00 bits per heavy atom. The first-order chi connectivity index (χ1) is 10.1. The fourth-order valence-electron chi connectivity index (χ4n) is 2.70. The summed E-state index contributed by atoms with van der Waals surface area (Å²) < 4.78 is 4.83. The van der Waals surface area contributed by atoms with E-state index in [-0.39, 0.29) is 12.6 Å². The Hall–Kier alpha value is -2.08. The maximum atomic E-state index is 11.9. The number of hydrogen-bond acceptors (Lipinski definition) is 5. The van der Waals surface area contributed by atoms with Gasteiger partial charge in [0.1, 0.15) is 0 Å². The minimum absolute atomic E-state index is 0.0959. The number of ether oxygens (including phenoxy) is 1. The molecule has 2 rings (SSSR count). The first-order valence-electron chi connectivity index (χ1n) is 7.06. The van der Waals surface area contributed by atoms with Crippen LogP contribution in [0.15, 0.2) is 24.3 Å². The normalized spacial score (nSPS) is 15.5. The summed E-state index contributed by atoms with van der Waals surface area (Å²) in [6, 6.07) is 7.34. The van der Waals surface area contributed by atoms with Crippen molar-refractivity contribution in [1.82, 2.24) is 5.32 Å². The molecule has 1 aromatic carbocycles. The Labute approximate surface area is 124 Å². The largest absolute Gasteiger partial charge is 0.465 e. The predicted octanol–water partition coefficient (Wildman–Crippen LogP) is 0.517. The molecule has 0 saturated carbocycles. The molecule has 1 fully saturated rings. The smallest absolute Gasteiger partial charge is 0.339 e. The highest BCUT2D eigenvalue weighted by molar-refractivity contribution is 5.96. The van der Waals surface area contributed by atoms with Crippen LogP contribution in [0.3, 0.4) is 0 Å². The van der Waals surface area contributed by atoms with Crippen LogP contribution in [0.4, 0.5) is 5.69 Å². The number of methoxy groups -OCH3 is 1. The van der Waals surface area contributed by atoms with Crippen LogP contribution in [0, 0.1) is 0 Å². The Morgan fingerprint density at radius 1 is 1.33 bits per heavy atom. The van der Waals surface area contributed by atoms with E-state index >= 15 is 0 Å². The molecule has 0 atom stereocenters. The standard InChI is InChI=1S/C15H21N3O3/c1-21-15(20)12-4-2-3-5-13(12)18(10-14(16)19)11-6-8-17-9-7-11/h2-5,11,17H,6-10H2,1H3,(H2,16,19). The maximum Gasteiger partial charge on any atom is 0.339 e. The second-order valence-corrected chi connectivity index (χ2v) is 5.08. The number of nitrogens with two attached hydrogens (primary N) is 1. The number of para-hydroxylation sites is 1. The van der Waals surface area contributed by atoms with Gasteiger partial charge >= 0.3 is 5.97 Å². The van der Waals surface area contributed by atoms with Crippen molar-refractivity contribution in [3.8, 4) is 0 Å². The molecule has 6 nitrogen and oxygen atoms in total. The number of primary amides is 1. The van der Waals surface area contributed by atoms with E-state index in [1.807, 2.05) is 17.0 Å². The van der Waals surface area contributed by atoms with Crippen LogP contribution in [0.25, 0.3) is 0 Å². The molecule has 1 aromatic rings. The molecular weight excluding hydrogens is 270 g/mol. The lowest BCUT2D eigenvalue weighted by atomic mass is 10.0. The van der Waals surface area contributed by atoms with Crippen molar-refractivity contribution < 1.29 is 14.3 Å². The molecule has 0 spiro atoms. The lowest BCUT2D eigenvalue weighted by Gasteiger charge is -2.36. The van der Waals surface area contributed by atoms with Gasteiger partial charge in [0.05, 0.1) is 24.9 Å². The summed E-state index contributed by atoms with van der Waals surface area (Å²) in [5.74, 6) is -0.817. The number of nitrogens with one attached hydrogen (secondary N) is 1. The zero-order chi connectivity index (χ0) is 15.2. The van der Waals surface area contributed by atoms with Crippen LogP contribution in [0.5, 0.6) is 0 Å². The molecule has 0 aliphatic carbocycles. The van der Waals surface area contributed by atoms with Gasteiger partial charge in [0.2, 0.25) is 5.91 Å². The average Bonchev–Trinajstić information content (AvgIpc) is 2.52. The van der Waals surface area contributed by atoms with Crippen molar-refractivity contribution in [2.24, 2.45) is 5.73 Å². The van der Waals surface area contributed by atoms with Gasteiger partial charge < -0.3 is 20.7 Å². The Balaban J connectivity index is 2.35. The summed E-state index contributed by atoms with van der Waals surface area (Å²) in [4.78, 5) is 25.3. The van der Waals surface area contributed by atoms with Gasteiger partial charge in [0.15, 0.2) is 0 Å². The van der Waals surface area contributed by atoms with Crippen molar-refractivity contribution in [1.29, 1.82) is 0 Å². The van der Waals surface area contributed by atoms with E-state index in [9.17, 15) is 9.59 Å². The summed E-state index contributed by atoms with van der Waals surface area (Å²) in [6.45, 7) is 1.87. The molecule has 1 aliphatic heterocycles. The first-order valence-corrected chi connectivity index (χ1v) is 7.06. The maximum absolute atomic E-state index is 11.9. The predicted molar refractivity (Wildman–Crippen MR) is 80.2 cm³/mol. The summed E-state index contributed by atoms with van der Waals surface area (Å²) >= 11 is 0. The van der Waals surface area contributed by atoms with E-state index in [1.54, 1.807) is 12.1 Å². The summed E-state index contributed by atoms with van der Waals surface area (Å²) in [6.07, 6.45) is 1.81. The van der Waals surface area contributed by atoms with Crippen molar-refractivity contribution in [2.75, 3.05) is 31.6 Å². The summed E-state index contributed by atoms with van der Waals surface area (Å²) in [7, 11) is 1.35. The molecule has 1 heterocycles. The van der Waals surface area contributed by atoms with Gasteiger partial charge in [0.25, 0.3) is 0 Å². The third kappa shape index (κ3) is 3.72. The van der Waals surface area contributed by atoms with Gasteiger partial charge in [-0.1, -0.05) is 12.1 Å². The Bertz CT molecular complexity index is 513. The van der Waals surface area contributed by atoms with Crippen LogP contribution in [0.1, 0.15) is 23.2 Å². The number of carbonyl (C=O) groups is 2. The molecule has 114 valence electrons. The van der Waals surface area contributed by atoms with Gasteiger partial charge in [0, 0.05) is 6.04 Å². The second-order valence-electron chi connectivity index (χ2n) is 5.08. The van der Waals surface area contributed by atoms with Crippen LogP contribution in [-0.2, 0) is 9.53 Å². The minimum Gasteiger partial charge on any atom is -0.465 e. The number of carbonyl (C=O) groups excluding carboxylic acids is 2. The van der Waals surface area contributed by atoms with Crippen molar-refractivity contribution >= 4 is 17.6 Å². The second kappa shape index (κ2) is 7.08. The number of amides is 1. The minimum atomic E-state index is -0.409. The van der Waals surface area contributed by atoms with E-state index in [2.05, 4.69) is 5.32 Å². The van der Waals surface area contributed by atoms with E-state index in [0.717, 1.165) is 25.9 Å². The molecule has 0 unspecified atom stereocenters. The van der Waals surface area contributed by atoms with E-state index in [1.165, 1.54) is 7.11 Å². The van der Waals surface area contributed by atoms with Crippen LogP contribution in [-0.4, -0.2) is 44.7 Å². The number of esters is 1. The lowest BCUT2D eigenvalue weighted by molar-refractivity contribution is -0.116. The quantitative estimate of drug-likeness (QED) is 0.773. The first kappa shape index (κ1) is 15.3. The van der Waals surface area contributed by atoms with Gasteiger partial charge in [-0.2, -0.15) is 0 Å². The molecule has 6 heteroatoms. The third-order valence-electron chi connectivity index (χ3n) is 3.69. The van der Waals surface area contributed by atoms with Crippen LogP contribution >= 0.6 is 0 Å². The Morgan fingerprint density at radius 3 is 2.62 bits per heavy atom. The molecule has 0 radical (unpaired) electrons.